The second-order valence-corrected chi connectivity index (χ2v) is 6.67. The van der Waals surface area contributed by atoms with Gasteiger partial charge in [0.2, 0.25) is 0 Å². The Balaban J connectivity index is 1.85. The number of hydrogen-bond acceptors (Lipinski definition) is 2. The van der Waals surface area contributed by atoms with Crippen LogP contribution in [0.15, 0.2) is 54.6 Å². The zero-order valence-corrected chi connectivity index (χ0v) is 15.8. The molecule has 3 rings (SSSR count). The van der Waals surface area contributed by atoms with Gasteiger partial charge in [0.15, 0.2) is 0 Å². The lowest BCUT2D eigenvalue weighted by molar-refractivity contribution is -0.137. The second kappa shape index (κ2) is 7.67. The molecular formula is C20H17ClF3N3O. The molecular weight excluding hydrogens is 391 g/mol. The molecule has 146 valence electrons. The summed E-state index contributed by atoms with van der Waals surface area (Å²) in [6, 6.07) is 13.3. The van der Waals surface area contributed by atoms with Crippen LogP contribution in [0.1, 0.15) is 40.1 Å². The third-order valence-electron chi connectivity index (χ3n) is 4.29. The van der Waals surface area contributed by atoms with Crippen LogP contribution in [0.25, 0.3) is 5.69 Å². The summed E-state index contributed by atoms with van der Waals surface area (Å²) in [5.41, 5.74) is 0.872. The number of halogens is 4. The molecule has 1 atom stereocenters. The first-order chi connectivity index (χ1) is 13.2. The normalized spacial score (nSPS) is 12.6. The topological polar surface area (TPSA) is 46.9 Å². The average Bonchev–Trinajstić information content (AvgIpc) is 2.96. The van der Waals surface area contributed by atoms with E-state index in [0.717, 1.165) is 12.1 Å². The first-order valence-electron chi connectivity index (χ1n) is 8.47. The van der Waals surface area contributed by atoms with E-state index in [1.165, 1.54) is 16.8 Å². The van der Waals surface area contributed by atoms with Crippen molar-refractivity contribution in [3.63, 3.8) is 0 Å². The number of carbonyl (C=O) groups excluding carboxylic acids is 1. The summed E-state index contributed by atoms with van der Waals surface area (Å²) in [4.78, 5) is 12.7. The van der Waals surface area contributed by atoms with Crippen molar-refractivity contribution in [2.45, 2.75) is 26.1 Å². The first kappa shape index (κ1) is 19.9. The highest BCUT2D eigenvalue weighted by atomic mass is 35.5. The summed E-state index contributed by atoms with van der Waals surface area (Å²) in [7, 11) is 0. The molecule has 3 aromatic rings. The highest BCUT2D eigenvalue weighted by Gasteiger charge is 2.31. The summed E-state index contributed by atoms with van der Waals surface area (Å²) in [5.74, 6) is -0.505. The van der Waals surface area contributed by atoms with Gasteiger partial charge in [-0.3, -0.25) is 4.79 Å². The van der Waals surface area contributed by atoms with Crippen molar-refractivity contribution in [2.24, 2.45) is 0 Å². The van der Waals surface area contributed by atoms with Crippen LogP contribution < -0.4 is 5.32 Å². The molecule has 2 aromatic carbocycles. The summed E-state index contributed by atoms with van der Waals surface area (Å²) in [6.45, 7) is 3.26. The van der Waals surface area contributed by atoms with E-state index in [4.69, 9.17) is 11.6 Å². The molecule has 0 saturated carbocycles. The molecule has 1 aromatic heterocycles. The molecule has 8 heteroatoms. The molecule has 1 heterocycles. The molecule has 0 aliphatic heterocycles. The standard InChI is InChI=1S/C20H17ClF3N3O/c1-12(14-7-6-8-15(11-14)20(22,23)24)25-19(28)17-13(2)26-27(18(17)21)16-9-4-3-5-10-16/h3-12H,1-2H3,(H,25,28). The number of nitrogens with zero attached hydrogens (tertiary/aromatic N) is 2. The van der Waals surface area contributed by atoms with Crippen LogP contribution in [0.3, 0.4) is 0 Å². The molecule has 0 bridgehead atoms. The first-order valence-corrected chi connectivity index (χ1v) is 8.85. The lowest BCUT2D eigenvalue weighted by atomic mass is 10.0. The van der Waals surface area contributed by atoms with Crippen molar-refractivity contribution < 1.29 is 18.0 Å². The molecule has 1 unspecified atom stereocenters. The third-order valence-corrected chi connectivity index (χ3v) is 4.64. The maximum Gasteiger partial charge on any atom is 0.416 e. The molecule has 0 radical (unpaired) electrons. The Labute approximate surface area is 164 Å². The van der Waals surface area contributed by atoms with Gasteiger partial charge in [-0.05, 0) is 43.7 Å². The molecule has 0 aliphatic rings. The van der Waals surface area contributed by atoms with Crippen LogP contribution in [-0.4, -0.2) is 15.7 Å². The van der Waals surface area contributed by atoms with Gasteiger partial charge in [0.05, 0.1) is 28.6 Å². The lowest BCUT2D eigenvalue weighted by Crippen LogP contribution is -2.27. The van der Waals surface area contributed by atoms with Crippen LogP contribution in [0, 0.1) is 6.92 Å². The number of aryl methyl sites for hydroxylation is 1. The van der Waals surface area contributed by atoms with Crippen LogP contribution >= 0.6 is 11.6 Å². The second-order valence-electron chi connectivity index (χ2n) is 6.32. The molecule has 1 N–H and O–H groups in total. The SMILES string of the molecule is Cc1nn(-c2ccccc2)c(Cl)c1C(=O)NC(C)c1cccc(C(F)(F)F)c1. The predicted octanol–water partition coefficient (Wildman–Crippen LogP) is 5.34. The fourth-order valence-corrected chi connectivity index (χ4v) is 3.19. The van der Waals surface area contributed by atoms with E-state index >= 15 is 0 Å². The molecule has 0 saturated heterocycles. The van der Waals surface area contributed by atoms with Gasteiger partial charge in [-0.2, -0.15) is 18.3 Å². The van der Waals surface area contributed by atoms with Crippen LogP contribution in [0.2, 0.25) is 5.15 Å². The maximum absolute atomic E-state index is 12.9. The zero-order valence-electron chi connectivity index (χ0n) is 15.1. The van der Waals surface area contributed by atoms with Crippen LogP contribution in [0.5, 0.6) is 0 Å². The number of rotatable bonds is 4. The van der Waals surface area contributed by atoms with Gasteiger partial charge in [-0.15, -0.1) is 0 Å². The number of carbonyl (C=O) groups is 1. The van der Waals surface area contributed by atoms with E-state index in [1.807, 2.05) is 18.2 Å². The third kappa shape index (κ3) is 4.04. The number of benzene rings is 2. The summed E-state index contributed by atoms with van der Waals surface area (Å²) in [5, 5.41) is 7.13. The molecule has 0 spiro atoms. The Kier molecular flexibility index (Phi) is 5.47. The minimum absolute atomic E-state index is 0.137. The van der Waals surface area contributed by atoms with Crippen molar-refractivity contribution >= 4 is 17.5 Å². The minimum atomic E-state index is -4.45. The Bertz CT molecular complexity index is 1000. The summed E-state index contributed by atoms with van der Waals surface area (Å²) in [6.07, 6.45) is -4.45. The van der Waals surface area contributed by atoms with E-state index in [-0.39, 0.29) is 10.7 Å². The molecule has 0 aliphatic carbocycles. The van der Waals surface area contributed by atoms with Crippen molar-refractivity contribution in [1.82, 2.24) is 15.1 Å². The fraction of sp³-hybridized carbons (Fsp3) is 0.200. The number of para-hydroxylation sites is 1. The Morgan fingerprint density at radius 1 is 1.14 bits per heavy atom. The quantitative estimate of drug-likeness (QED) is 0.634. The number of hydrogen-bond donors (Lipinski definition) is 1. The van der Waals surface area contributed by atoms with E-state index in [9.17, 15) is 18.0 Å². The van der Waals surface area contributed by atoms with Crippen molar-refractivity contribution in [2.75, 3.05) is 0 Å². The van der Waals surface area contributed by atoms with E-state index < -0.39 is 23.7 Å². The molecule has 4 nitrogen and oxygen atoms in total. The summed E-state index contributed by atoms with van der Waals surface area (Å²) >= 11 is 6.36. The van der Waals surface area contributed by atoms with Crippen molar-refractivity contribution in [1.29, 1.82) is 0 Å². The van der Waals surface area contributed by atoms with Gasteiger partial charge in [0.1, 0.15) is 5.15 Å². The highest BCUT2D eigenvalue weighted by Crippen LogP contribution is 2.31. The van der Waals surface area contributed by atoms with E-state index in [1.54, 1.807) is 26.0 Å². The Hall–Kier alpha value is -2.80. The monoisotopic (exact) mass is 407 g/mol. The smallest absolute Gasteiger partial charge is 0.345 e. The van der Waals surface area contributed by atoms with Gasteiger partial charge in [0.25, 0.3) is 5.91 Å². The maximum atomic E-state index is 12.9. The van der Waals surface area contributed by atoms with Gasteiger partial charge >= 0.3 is 6.18 Å². The summed E-state index contributed by atoms with van der Waals surface area (Å²) < 4.78 is 40.2. The number of alkyl halides is 3. The van der Waals surface area contributed by atoms with Crippen molar-refractivity contribution in [3.05, 3.63) is 82.1 Å². The number of amides is 1. The van der Waals surface area contributed by atoms with Crippen LogP contribution in [-0.2, 0) is 6.18 Å². The highest BCUT2D eigenvalue weighted by molar-refractivity contribution is 6.33. The average molecular weight is 408 g/mol. The molecule has 28 heavy (non-hydrogen) atoms. The van der Waals surface area contributed by atoms with Gasteiger partial charge in [-0.1, -0.05) is 41.9 Å². The van der Waals surface area contributed by atoms with E-state index in [2.05, 4.69) is 10.4 Å². The Morgan fingerprint density at radius 2 is 1.82 bits per heavy atom. The molecule has 0 fully saturated rings. The lowest BCUT2D eigenvalue weighted by Gasteiger charge is -2.16. The Morgan fingerprint density at radius 3 is 2.46 bits per heavy atom. The van der Waals surface area contributed by atoms with Gasteiger partial charge in [-0.25, -0.2) is 4.68 Å². The fourth-order valence-electron chi connectivity index (χ4n) is 2.83. The predicted molar refractivity (Wildman–Crippen MR) is 101 cm³/mol. The zero-order chi connectivity index (χ0) is 20.5. The van der Waals surface area contributed by atoms with Gasteiger partial charge < -0.3 is 5.32 Å². The van der Waals surface area contributed by atoms with Crippen LogP contribution in [0.4, 0.5) is 13.2 Å². The molecule has 1 amide bonds. The largest absolute Gasteiger partial charge is 0.416 e. The van der Waals surface area contributed by atoms with E-state index in [0.29, 0.717) is 16.9 Å². The number of nitrogens with one attached hydrogen (secondary N) is 1. The number of aromatic nitrogens is 2. The van der Waals surface area contributed by atoms with Gasteiger partial charge in [0, 0.05) is 0 Å². The van der Waals surface area contributed by atoms with Crippen molar-refractivity contribution in [3.8, 4) is 5.69 Å². The minimum Gasteiger partial charge on any atom is -0.345 e.